The van der Waals surface area contributed by atoms with Crippen molar-refractivity contribution in [2.75, 3.05) is 7.11 Å². The van der Waals surface area contributed by atoms with E-state index < -0.39 is 0 Å². The highest BCUT2D eigenvalue weighted by Gasteiger charge is 2.40. The van der Waals surface area contributed by atoms with E-state index in [-0.39, 0.29) is 17.2 Å². The highest BCUT2D eigenvalue weighted by Crippen LogP contribution is 2.48. The quantitative estimate of drug-likeness (QED) is 0.798. The summed E-state index contributed by atoms with van der Waals surface area (Å²) in [6.45, 7) is 6.51. The summed E-state index contributed by atoms with van der Waals surface area (Å²) < 4.78 is 10.8. The Hall–Kier alpha value is -1.84. The van der Waals surface area contributed by atoms with Crippen LogP contribution in [0.1, 0.15) is 60.7 Å². The fourth-order valence-electron chi connectivity index (χ4n) is 3.91. The number of cyclic esters (lactones) is 1. The Morgan fingerprint density at radius 3 is 2.78 bits per heavy atom. The minimum absolute atomic E-state index is 0.0600. The summed E-state index contributed by atoms with van der Waals surface area (Å²) in [6, 6.07) is 1.83. The molecule has 0 radical (unpaired) electrons. The van der Waals surface area contributed by atoms with E-state index in [2.05, 4.69) is 13.8 Å². The molecule has 1 aromatic rings. The third kappa shape index (κ3) is 2.64. The SMILES string of the molecule is COc1cc2c(c3c1C[C@H](C)[C@](C)(CCC(C)=O)C3)COC2=O. The largest absolute Gasteiger partial charge is 0.496 e. The van der Waals surface area contributed by atoms with Crippen LogP contribution < -0.4 is 4.74 Å². The van der Waals surface area contributed by atoms with Gasteiger partial charge in [-0.1, -0.05) is 13.8 Å². The maximum atomic E-state index is 11.9. The van der Waals surface area contributed by atoms with Gasteiger partial charge < -0.3 is 14.3 Å². The molecule has 0 bridgehead atoms. The Morgan fingerprint density at radius 2 is 2.13 bits per heavy atom. The smallest absolute Gasteiger partial charge is 0.339 e. The summed E-state index contributed by atoms with van der Waals surface area (Å²) in [5.74, 6) is 1.22. The van der Waals surface area contributed by atoms with E-state index in [1.807, 2.05) is 6.07 Å². The van der Waals surface area contributed by atoms with Gasteiger partial charge in [-0.05, 0) is 54.7 Å². The molecule has 4 nitrogen and oxygen atoms in total. The first-order chi connectivity index (χ1) is 10.9. The van der Waals surface area contributed by atoms with E-state index in [1.54, 1.807) is 14.0 Å². The number of esters is 1. The van der Waals surface area contributed by atoms with E-state index in [9.17, 15) is 9.59 Å². The van der Waals surface area contributed by atoms with E-state index in [0.717, 1.165) is 30.6 Å². The second-order valence-electron chi connectivity index (χ2n) is 7.28. The zero-order chi connectivity index (χ0) is 16.8. The van der Waals surface area contributed by atoms with Gasteiger partial charge in [-0.3, -0.25) is 0 Å². The lowest BCUT2D eigenvalue weighted by molar-refractivity contribution is -0.117. The first kappa shape index (κ1) is 16.0. The van der Waals surface area contributed by atoms with Gasteiger partial charge in [0.2, 0.25) is 0 Å². The van der Waals surface area contributed by atoms with Crippen LogP contribution in [-0.2, 0) is 29.0 Å². The van der Waals surface area contributed by atoms with Crippen LogP contribution in [0.4, 0.5) is 0 Å². The summed E-state index contributed by atoms with van der Waals surface area (Å²) in [5.41, 5.74) is 4.13. The fraction of sp³-hybridized carbons (Fsp3) is 0.579. The van der Waals surface area contributed by atoms with Crippen molar-refractivity contribution in [1.82, 2.24) is 0 Å². The van der Waals surface area contributed by atoms with Gasteiger partial charge in [0.15, 0.2) is 0 Å². The number of hydrogen-bond donors (Lipinski definition) is 0. The maximum Gasteiger partial charge on any atom is 0.339 e. The fourth-order valence-corrected chi connectivity index (χ4v) is 3.91. The molecule has 23 heavy (non-hydrogen) atoms. The minimum atomic E-state index is -0.259. The van der Waals surface area contributed by atoms with Crippen molar-refractivity contribution in [2.24, 2.45) is 11.3 Å². The van der Waals surface area contributed by atoms with Crippen molar-refractivity contribution in [2.45, 2.75) is 53.1 Å². The van der Waals surface area contributed by atoms with Crippen LogP contribution in [0.5, 0.6) is 5.75 Å². The first-order valence-electron chi connectivity index (χ1n) is 8.24. The van der Waals surface area contributed by atoms with Gasteiger partial charge in [-0.15, -0.1) is 0 Å². The molecule has 0 spiro atoms. The highest BCUT2D eigenvalue weighted by atomic mass is 16.5. The van der Waals surface area contributed by atoms with Crippen molar-refractivity contribution in [3.63, 3.8) is 0 Å². The van der Waals surface area contributed by atoms with Crippen molar-refractivity contribution in [3.05, 3.63) is 28.3 Å². The summed E-state index contributed by atoms with van der Waals surface area (Å²) >= 11 is 0. The number of methoxy groups -OCH3 is 1. The third-order valence-electron chi connectivity index (χ3n) is 5.74. The molecule has 1 heterocycles. The second-order valence-corrected chi connectivity index (χ2v) is 7.28. The van der Waals surface area contributed by atoms with Gasteiger partial charge in [0.1, 0.15) is 18.1 Å². The standard InChI is InChI=1S/C19H24O4/c1-11-7-13-15(9-19(11,3)6-5-12(2)20)16-10-23-18(21)14(16)8-17(13)22-4/h8,11H,5-7,9-10H2,1-4H3/t11-,19+/m0/s1. The van der Waals surface area contributed by atoms with Crippen LogP contribution >= 0.6 is 0 Å². The zero-order valence-electron chi connectivity index (χ0n) is 14.3. The molecule has 1 aromatic carbocycles. The van der Waals surface area contributed by atoms with E-state index >= 15 is 0 Å². The number of ether oxygens (including phenoxy) is 2. The van der Waals surface area contributed by atoms with Crippen molar-refractivity contribution < 1.29 is 19.1 Å². The summed E-state index contributed by atoms with van der Waals surface area (Å²) in [7, 11) is 1.65. The molecular weight excluding hydrogens is 292 g/mol. The van der Waals surface area contributed by atoms with Gasteiger partial charge >= 0.3 is 5.97 Å². The molecule has 2 atom stereocenters. The van der Waals surface area contributed by atoms with Crippen LogP contribution in [0.3, 0.4) is 0 Å². The lowest BCUT2D eigenvalue weighted by Gasteiger charge is -2.42. The average molecular weight is 316 g/mol. The molecule has 1 aliphatic heterocycles. The van der Waals surface area contributed by atoms with Gasteiger partial charge in [-0.2, -0.15) is 0 Å². The van der Waals surface area contributed by atoms with Gasteiger partial charge in [0.25, 0.3) is 0 Å². The van der Waals surface area contributed by atoms with E-state index in [4.69, 9.17) is 9.47 Å². The predicted molar refractivity (Wildman–Crippen MR) is 86.7 cm³/mol. The number of fused-ring (bicyclic) bond motifs is 3. The molecule has 3 rings (SSSR count). The van der Waals surface area contributed by atoms with Crippen LogP contribution in [0.25, 0.3) is 0 Å². The normalized spacial score (nSPS) is 25.6. The van der Waals surface area contributed by atoms with Crippen LogP contribution in [0, 0.1) is 11.3 Å². The minimum Gasteiger partial charge on any atom is -0.496 e. The zero-order valence-corrected chi connectivity index (χ0v) is 14.3. The second kappa shape index (κ2) is 5.66. The number of benzene rings is 1. The molecule has 0 saturated carbocycles. The van der Waals surface area contributed by atoms with E-state index in [1.165, 1.54) is 11.1 Å². The Balaban J connectivity index is 2.05. The Bertz CT molecular complexity index is 676. The number of carbonyl (C=O) groups is 2. The Kier molecular flexibility index (Phi) is 3.95. The van der Waals surface area contributed by atoms with Crippen molar-refractivity contribution in [3.8, 4) is 5.75 Å². The summed E-state index contributed by atoms with van der Waals surface area (Å²) in [4.78, 5) is 23.4. The van der Waals surface area contributed by atoms with Crippen molar-refractivity contribution >= 4 is 11.8 Å². The van der Waals surface area contributed by atoms with Crippen LogP contribution in [-0.4, -0.2) is 18.9 Å². The molecule has 0 amide bonds. The summed E-state index contributed by atoms with van der Waals surface area (Å²) in [5, 5.41) is 0. The Labute approximate surface area is 137 Å². The highest BCUT2D eigenvalue weighted by molar-refractivity contribution is 5.94. The molecule has 0 aromatic heterocycles. The topological polar surface area (TPSA) is 52.6 Å². The van der Waals surface area contributed by atoms with Gasteiger partial charge in [-0.25, -0.2) is 4.79 Å². The Morgan fingerprint density at radius 1 is 1.39 bits per heavy atom. The lowest BCUT2D eigenvalue weighted by atomic mass is 9.63. The molecule has 0 unspecified atom stereocenters. The number of carbonyl (C=O) groups excluding carboxylic acids is 2. The van der Waals surface area contributed by atoms with Crippen LogP contribution in [0.15, 0.2) is 6.07 Å². The molecule has 0 N–H and O–H groups in total. The number of rotatable bonds is 4. The average Bonchev–Trinajstić information content (AvgIpc) is 2.87. The van der Waals surface area contributed by atoms with Gasteiger partial charge in [0, 0.05) is 12.0 Å². The lowest BCUT2D eigenvalue weighted by Crippen LogP contribution is -2.35. The van der Waals surface area contributed by atoms with E-state index in [0.29, 0.717) is 24.5 Å². The maximum absolute atomic E-state index is 11.9. The van der Waals surface area contributed by atoms with Gasteiger partial charge in [0.05, 0.1) is 12.7 Å². The molecule has 1 aliphatic carbocycles. The first-order valence-corrected chi connectivity index (χ1v) is 8.24. The molecule has 2 aliphatic rings. The monoisotopic (exact) mass is 316 g/mol. The number of Topliss-reactive ketones (excluding diaryl/α,β-unsaturated/α-hetero) is 1. The molecule has 0 fully saturated rings. The summed E-state index contributed by atoms with van der Waals surface area (Å²) in [6.07, 6.45) is 3.27. The predicted octanol–water partition coefficient (Wildman–Crippen LogP) is 3.48. The van der Waals surface area contributed by atoms with Crippen molar-refractivity contribution in [1.29, 1.82) is 0 Å². The molecule has 0 saturated heterocycles. The molecule has 4 heteroatoms. The molecular formula is C19H24O4. The number of ketones is 1. The third-order valence-corrected chi connectivity index (χ3v) is 5.74. The van der Waals surface area contributed by atoms with Crippen LogP contribution in [0.2, 0.25) is 0 Å². The number of hydrogen-bond acceptors (Lipinski definition) is 4. The molecule has 124 valence electrons.